The number of rotatable bonds is 6. The molecule has 1 aliphatic rings. The van der Waals surface area contributed by atoms with Crippen molar-refractivity contribution >= 4 is 11.9 Å². The van der Waals surface area contributed by atoms with Gasteiger partial charge < -0.3 is 10.1 Å². The lowest BCUT2D eigenvalue weighted by molar-refractivity contribution is -0.140. The number of ether oxygens (including phenoxy) is 1. The SMILES string of the molecule is COC(=O)CCc1c(C)nn(-c2ccc(C(=O)NC3CCCCCC3)cc2)c1C. The van der Waals surface area contributed by atoms with Crippen LogP contribution in [0.1, 0.15) is 72.3 Å². The first-order valence-electron chi connectivity index (χ1n) is 10.5. The number of methoxy groups -OCH3 is 1. The summed E-state index contributed by atoms with van der Waals surface area (Å²) in [6, 6.07) is 7.84. The van der Waals surface area contributed by atoms with E-state index in [1.165, 1.54) is 32.8 Å². The molecule has 0 atom stereocenters. The Kier molecular flexibility index (Phi) is 7.07. The summed E-state index contributed by atoms with van der Waals surface area (Å²) in [5.41, 5.74) is 4.54. The van der Waals surface area contributed by atoms with Gasteiger partial charge in [-0.2, -0.15) is 5.10 Å². The Morgan fingerprint density at radius 1 is 1.10 bits per heavy atom. The molecule has 29 heavy (non-hydrogen) atoms. The lowest BCUT2D eigenvalue weighted by Gasteiger charge is -2.16. The third kappa shape index (κ3) is 5.25. The smallest absolute Gasteiger partial charge is 0.305 e. The standard InChI is InChI=1S/C23H31N3O3/c1-16-21(14-15-22(27)29-3)17(2)26(25-16)20-12-10-18(11-13-20)23(28)24-19-8-6-4-5-7-9-19/h10-13,19H,4-9,14-15H2,1-3H3,(H,24,28). The molecule has 1 fully saturated rings. The minimum Gasteiger partial charge on any atom is -0.469 e. The topological polar surface area (TPSA) is 73.2 Å². The number of aryl methyl sites for hydroxylation is 1. The van der Waals surface area contributed by atoms with Crippen LogP contribution in [0.2, 0.25) is 0 Å². The van der Waals surface area contributed by atoms with Gasteiger partial charge in [-0.1, -0.05) is 25.7 Å². The molecule has 1 aromatic carbocycles. The van der Waals surface area contributed by atoms with Crippen molar-refractivity contribution in [2.75, 3.05) is 7.11 Å². The molecule has 0 aliphatic heterocycles. The molecule has 0 saturated heterocycles. The monoisotopic (exact) mass is 397 g/mol. The Balaban J connectivity index is 1.69. The van der Waals surface area contributed by atoms with Crippen molar-refractivity contribution < 1.29 is 14.3 Å². The van der Waals surface area contributed by atoms with Gasteiger partial charge in [0.1, 0.15) is 0 Å². The van der Waals surface area contributed by atoms with E-state index in [1.807, 2.05) is 42.8 Å². The molecule has 1 saturated carbocycles. The van der Waals surface area contributed by atoms with Crippen LogP contribution in [0.25, 0.3) is 5.69 Å². The van der Waals surface area contributed by atoms with E-state index in [1.54, 1.807) is 0 Å². The molecular formula is C23H31N3O3. The summed E-state index contributed by atoms with van der Waals surface area (Å²) in [7, 11) is 1.40. The van der Waals surface area contributed by atoms with Crippen molar-refractivity contribution in [2.24, 2.45) is 0 Å². The molecule has 1 aliphatic carbocycles. The van der Waals surface area contributed by atoms with E-state index in [9.17, 15) is 9.59 Å². The normalized spacial score (nSPS) is 15.0. The van der Waals surface area contributed by atoms with Crippen molar-refractivity contribution in [2.45, 2.75) is 71.3 Å². The highest BCUT2D eigenvalue weighted by atomic mass is 16.5. The average molecular weight is 398 g/mol. The molecular weight excluding hydrogens is 366 g/mol. The predicted octanol–water partition coefficient (Wildman–Crippen LogP) is 4.05. The maximum atomic E-state index is 12.6. The van der Waals surface area contributed by atoms with E-state index < -0.39 is 0 Å². The second-order valence-corrected chi connectivity index (χ2v) is 7.85. The molecule has 1 N–H and O–H groups in total. The number of esters is 1. The summed E-state index contributed by atoms with van der Waals surface area (Å²) < 4.78 is 6.61. The number of carbonyl (C=O) groups is 2. The second-order valence-electron chi connectivity index (χ2n) is 7.85. The number of benzene rings is 1. The number of carbonyl (C=O) groups excluding carboxylic acids is 2. The first-order valence-corrected chi connectivity index (χ1v) is 10.5. The molecule has 0 bridgehead atoms. The van der Waals surface area contributed by atoms with Gasteiger partial charge in [-0.25, -0.2) is 4.68 Å². The lowest BCUT2D eigenvalue weighted by atomic mass is 10.1. The third-order valence-electron chi connectivity index (χ3n) is 5.81. The second kappa shape index (κ2) is 9.72. The maximum absolute atomic E-state index is 12.6. The summed E-state index contributed by atoms with van der Waals surface area (Å²) in [6.07, 6.45) is 8.02. The van der Waals surface area contributed by atoms with Gasteiger partial charge in [0.15, 0.2) is 0 Å². The highest BCUT2D eigenvalue weighted by molar-refractivity contribution is 5.94. The van der Waals surface area contributed by atoms with Gasteiger partial charge in [-0.05, 0) is 62.9 Å². The average Bonchev–Trinajstić information content (AvgIpc) is 2.89. The lowest BCUT2D eigenvalue weighted by Crippen LogP contribution is -2.34. The zero-order valence-corrected chi connectivity index (χ0v) is 17.7. The minimum absolute atomic E-state index is 0.00409. The molecule has 2 aromatic rings. The first kappa shape index (κ1) is 21.1. The zero-order valence-electron chi connectivity index (χ0n) is 17.7. The van der Waals surface area contributed by atoms with Crippen LogP contribution in [-0.2, 0) is 16.0 Å². The molecule has 0 unspecified atom stereocenters. The van der Waals surface area contributed by atoms with Crippen LogP contribution < -0.4 is 5.32 Å². The fourth-order valence-electron chi connectivity index (χ4n) is 4.06. The Labute approximate surface area is 172 Å². The molecule has 6 heteroatoms. The van der Waals surface area contributed by atoms with Gasteiger partial charge in [0.05, 0.1) is 18.5 Å². The van der Waals surface area contributed by atoms with E-state index >= 15 is 0 Å². The van der Waals surface area contributed by atoms with Gasteiger partial charge in [0.2, 0.25) is 0 Å². The van der Waals surface area contributed by atoms with Gasteiger partial charge in [-0.3, -0.25) is 9.59 Å². The van der Waals surface area contributed by atoms with E-state index in [0.29, 0.717) is 18.4 Å². The Morgan fingerprint density at radius 2 is 1.76 bits per heavy atom. The number of aromatic nitrogens is 2. The van der Waals surface area contributed by atoms with E-state index in [4.69, 9.17) is 4.74 Å². The summed E-state index contributed by atoms with van der Waals surface area (Å²) in [5.74, 6) is -0.226. The largest absolute Gasteiger partial charge is 0.469 e. The highest BCUT2D eigenvalue weighted by Gasteiger charge is 2.17. The Morgan fingerprint density at radius 3 is 2.38 bits per heavy atom. The Bertz CT molecular complexity index is 847. The molecule has 0 radical (unpaired) electrons. The number of nitrogens with zero attached hydrogens (tertiary/aromatic N) is 2. The van der Waals surface area contributed by atoms with Crippen molar-refractivity contribution in [1.82, 2.24) is 15.1 Å². The predicted molar refractivity (Wildman–Crippen MR) is 112 cm³/mol. The molecule has 3 rings (SSSR count). The van der Waals surface area contributed by atoms with Gasteiger partial charge in [0.25, 0.3) is 5.91 Å². The van der Waals surface area contributed by atoms with Crippen molar-refractivity contribution in [3.63, 3.8) is 0 Å². The summed E-state index contributed by atoms with van der Waals surface area (Å²) >= 11 is 0. The first-order chi connectivity index (χ1) is 14.0. The van der Waals surface area contributed by atoms with E-state index in [-0.39, 0.29) is 17.9 Å². The van der Waals surface area contributed by atoms with E-state index in [2.05, 4.69) is 10.4 Å². The van der Waals surface area contributed by atoms with E-state index in [0.717, 1.165) is 35.5 Å². The molecule has 1 amide bonds. The van der Waals surface area contributed by atoms with Crippen molar-refractivity contribution in [1.29, 1.82) is 0 Å². The summed E-state index contributed by atoms with van der Waals surface area (Å²) in [4.78, 5) is 24.1. The third-order valence-corrected chi connectivity index (χ3v) is 5.81. The fraction of sp³-hybridized carbons (Fsp3) is 0.522. The number of hydrogen-bond acceptors (Lipinski definition) is 4. The molecule has 6 nitrogen and oxygen atoms in total. The Hall–Kier alpha value is -2.63. The number of hydrogen-bond donors (Lipinski definition) is 1. The van der Waals surface area contributed by atoms with Crippen LogP contribution in [0.3, 0.4) is 0 Å². The van der Waals surface area contributed by atoms with Crippen LogP contribution in [-0.4, -0.2) is 34.8 Å². The van der Waals surface area contributed by atoms with Crippen molar-refractivity contribution in [3.05, 3.63) is 46.8 Å². The fourth-order valence-corrected chi connectivity index (χ4v) is 4.06. The molecule has 1 aromatic heterocycles. The molecule has 1 heterocycles. The van der Waals surface area contributed by atoms with Gasteiger partial charge >= 0.3 is 5.97 Å². The highest BCUT2D eigenvalue weighted by Crippen LogP contribution is 2.21. The van der Waals surface area contributed by atoms with Gasteiger partial charge in [0, 0.05) is 23.7 Å². The maximum Gasteiger partial charge on any atom is 0.305 e. The zero-order chi connectivity index (χ0) is 20.8. The van der Waals surface area contributed by atoms with Crippen LogP contribution >= 0.6 is 0 Å². The number of amides is 1. The van der Waals surface area contributed by atoms with Crippen LogP contribution in [0.15, 0.2) is 24.3 Å². The summed E-state index contributed by atoms with van der Waals surface area (Å²) in [6.45, 7) is 3.95. The molecule has 156 valence electrons. The number of nitrogens with one attached hydrogen (secondary N) is 1. The van der Waals surface area contributed by atoms with Crippen LogP contribution in [0, 0.1) is 13.8 Å². The molecule has 0 spiro atoms. The minimum atomic E-state index is -0.222. The van der Waals surface area contributed by atoms with Crippen molar-refractivity contribution in [3.8, 4) is 5.69 Å². The quantitative estimate of drug-likeness (QED) is 0.590. The van der Waals surface area contributed by atoms with Crippen LogP contribution in [0.4, 0.5) is 0 Å². The van der Waals surface area contributed by atoms with Crippen LogP contribution in [0.5, 0.6) is 0 Å². The summed E-state index contributed by atoms with van der Waals surface area (Å²) in [5, 5.41) is 7.81. The van der Waals surface area contributed by atoms with Gasteiger partial charge in [-0.15, -0.1) is 0 Å².